The third-order valence-electron chi connectivity index (χ3n) is 10.3. The van der Waals surface area contributed by atoms with Crippen LogP contribution in [0.5, 0.6) is 0 Å². The molecule has 3 aromatic rings. The molecule has 4 amide bonds. The van der Waals surface area contributed by atoms with E-state index in [9.17, 15) is 24.3 Å². The van der Waals surface area contributed by atoms with Gasteiger partial charge in [-0.3, -0.25) is 19.3 Å². The number of hydrogen-bond acceptors (Lipinski definition) is 8. The van der Waals surface area contributed by atoms with Crippen LogP contribution < -0.4 is 21.3 Å². The molecule has 1 heterocycles. The summed E-state index contributed by atoms with van der Waals surface area (Å²) in [6.07, 6.45) is 5.12. The van der Waals surface area contributed by atoms with E-state index in [-0.39, 0.29) is 49.9 Å². The van der Waals surface area contributed by atoms with Crippen LogP contribution in [0.25, 0.3) is 10.8 Å². The number of alkyl carbamates (subject to hydrolysis) is 1. The number of nitrogens with zero attached hydrogens (tertiary/aromatic N) is 3. The van der Waals surface area contributed by atoms with Gasteiger partial charge in [0.1, 0.15) is 19.3 Å². The maximum atomic E-state index is 14.6. The average molecular weight is 741 g/mol. The molecule has 54 heavy (non-hydrogen) atoms. The third-order valence-corrected chi connectivity index (χ3v) is 10.3. The smallest absolute Gasteiger partial charge is 0.408 e. The molecule has 1 aliphatic carbocycles. The van der Waals surface area contributed by atoms with Gasteiger partial charge in [-0.15, -0.1) is 0 Å². The van der Waals surface area contributed by atoms with E-state index in [2.05, 4.69) is 10.6 Å². The molecule has 0 spiro atoms. The Morgan fingerprint density at radius 3 is 2.33 bits per heavy atom. The lowest BCUT2D eigenvalue weighted by molar-refractivity contribution is -0.138. The standard InChI is InChI=1S/C42H56N6O6/c1-28(2)22-37(38(49)24-39(50)44-32-18-9-6-10-19-32)46(4)41(52)35(45-42(53)54-26-30-14-7-5-8-15-30)23-33-25-47(40(51)29(3)43)27-48(33)36-21-13-17-31-16-11-12-20-34(31)36/h5,7-8,11-17,20-21,25,28-29,32,35,37-38,49H,6,9-10,18-19,22-24,26-27,43H2,1-4H3,(H,44,50)(H,45,53)/t29-,35-,37-,38-/m0/s1. The molecule has 2 aliphatic rings. The fourth-order valence-corrected chi connectivity index (χ4v) is 7.41. The first-order valence-electron chi connectivity index (χ1n) is 19.1. The highest BCUT2D eigenvalue weighted by Gasteiger charge is 2.37. The quantitative estimate of drug-likeness (QED) is 0.162. The summed E-state index contributed by atoms with van der Waals surface area (Å²) in [5, 5.41) is 19.4. The topological polar surface area (TPSA) is 158 Å². The predicted octanol–water partition coefficient (Wildman–Crippen LogP) is 5.39. The number of carbonyl (C=O) groups is 4. The van der Waals surface area contributed by atoms with E-state index in [0.717, 1.165) is 54.1 Å². The lowest BCUT2D eigenvalue weighted by Crippen LogP contribution is -2.54. The van der Waals surface area contributed by atoms with E-state index < -0.39 is 36.2 Å². The van der Waals surface area contributed by atoms with Crippen molar-refractivity contribution in [3.63, 3.8) is 0 Å². The van der Waals surface area contributed by atoms with Crippen molar-refractivity contribution in [1.29, 1.82) is 0 Å². The second-order valence-corrected chi connectivity index (χ2v) is 15.1. The summed E-state index contributed by atoms with van der Waals surface area (Å²) in [6.45, 7) is 5.76. The van der Waals surface area contributed by atoms with Crippen LogP contribution in [0.2, 0.25) is 0 Å². The number of rotatable bonds is 15. The normalized spacial score (nSPS) is 17.1. The summed E-state index contributed by atoms with van der Waals surface area (Å²) >= 11 is 0. The summed E-state index contributed by atoms with van der Waals surface area (Å²) in [5.41, 5.74) is 8.24. The van der Waals surface area contributed by atoms with Gasteiger partial charge in [0.05, 0.1) is 30.3 Å². The van der Waals surface area contributed by atoms with Crippen LogP contribution >= 0.6 is 0 Å². The van der Waals surface area contributed by atoms with Gasteiger partial charge in [0.25, 0.3) is 0 Å². The average Bonchev–Trinajstić information content (AvgIpc) is 3.58. The van der Waals surface area contributed by atoms with Crippen LogP contribution in [-0.2, 0) is 25.7 Å². The summed E-state index contributed by atoms with van der Waals surface area (Å²) in [6, 6.07) is 20.5. The summed E-state index contributed by atoms with van der Waals surface area (Å²) in [5.74, 6) is -0.929. The van der Waals surface area contributed by atoms with Crippen LogP contribution in [0.1, 0.15) is 77.7 Å². The van der Waals surface area contributed by atoms with Gasteiger partial charge in [0.15, 0.2) is 0 Å². The molecule has 0 saturated heterocycles. The number of fused-ring (bicyclic) bond motifs is 1. The number of nitrogens with two attached hydrogens (primary N) is 1. The van der Waals surface area contributed by atoms with E-state index in [1.807, 2.05) is 91.5 Å². The fourth-order valence-electron chi connectivity index (χ4n) is 7.41. The Kier molecular flexibility index (Phi) is 14.1. The van der Waals surface area contributed by atoms with E-state index in [1.165, 1.54) is 9.80 Å². The molecule has 12 heteroatoms. The second kappa shape index (κ2) is 18.9. The number of amides is 4. The van der Waals surface area contributed by atoms with Gasteiger partial charge >= 0.3 is 6.09 Å². The first-order chi connectivity index (χ1) is 25.9. The zero-order valence-electron chi connectivity index (χ0n) is 31.9. The zero-order valence-corrected chi connectivity index (χ0v) is 31.9. The largest absolute Gasteiger partial charge is 0.445 e. The number of aliphatic hydroxyl groups is 1. The Labute approximate surface area is 318 Å². The molecule has 0 bridgehead atoms. The van der Waals surface area contributed by atoms with Crippen molar-refractivity contribution in [3.8, 4) is 0 Å². The van der Waals surface area contributed by atoms with Crippen molar-refractivity contribution in [2.45, 2.75) is 109 Å². The zero-order chi connectivity index (χ0) is 38.8. The van der Waals surface area contributed by atoms with Crippen molar-refractivity contribution < 1.29 is 29.0 Å². The van der Waals surface area contributed by atoms with E-state index in [4.69, 9.17) is 10.5 Å². The lowest BCUT2D eigenvalue weighted by Gasteiger charge is -2.36. The minimum atomic E-state index is -1.16. The summed E-state index contributed by atoms with van der Waals surface area (Å²) in [7, 11) is 1.60. The Balaban J connectivity index is 1.43. The Morgan fingerprint density at radius 1 is 0.944 bits per heavy atom. The highest BCUT2D eigenvalue weighted by atomic mass is 16.5. The van der Waals surface area contributed by atoms with E-state index in [0.29, 0.717) is 12.1 Å². The molecule has 12 nitrogen and oxygen atoms in total. The molecule has 4 atom stereocenters. The fraction of sp³-hybridized carbons (Fsp3) is 0.476. The van der Waals surface area contributed by atoms with Crippen molar-refractivity contribution in [3.05, 3.63) is 90.3 Å². The maximum Gasteiger partial charge on any atom is 0.408 e. The molecule has 0 unspecified atom stereocenters. The molecule has 1 saturated carbocycles. The van der Waals surface area contributed by atoms with Gasteiger partial charge < -0.3 is 36.0 Å². The molecule has 1 aliphatic heterocycles. The minimum absolute atomic E-state index is 0.00425. The number of aliphatic hydroxyl groups excluding tert-OH is 1. The van der Waals surface area contributed by atoms with Gasteiger partial charge in [-0.1, -0.05) is 99.8 Å². The van der Waals surface area contributed by atoms with E-state index >= 15 is 0 Å². The van der Waals surface area contributed by atoms with Gasteiger partial charge in [0.2, 0.25) is 17.7 Å². The second-order valence-electron chi connectivity index (χ2n) is 15.1. The van der Waals surface area contributed by atoms with Crippen LogP contribution in [0.15, 0.2) is 84.7 Å². The number of carbonyl (C=O) groups excluding carboxylic acids is 4. The Hall–Kier alpha value is -4.94. The number of likely N-dealkylation sites (N-methyl/N-ethyl adjacent to an activating group) is 1. The van der Waals surface area contributed by atoms with Gasteiger partial charge in [-0.25, -0.2) is 4.79 Å². The number of benzene rings is 3. The lowest BCUT2D eigenvalue weighted by atomic mass is 9.93. The van der Waals surface area contributed by atoms with Crippen LogP contribution in [0.3, 0.4) is 0 Å². The SMILES string of the molecule is CC(C)C[C@@H]([C@@H](O)CC(=O)NC1CCCCC1)N(C)C(=O)[C@H](CC1=CN(C(=O)[C@H](C)N)CN1c1cccc2ccccc12)NC(=O)OCc1ccccc1. The van der Waals surface area contributed by atoms with Crippen LogP contribution in [0, 0.1) is 5.92 Å². The molecule has 1 fully saturated rings. The molecule has 5 rings (SSSR count). The number of nitrogens with one attached hydrogen (secondary N) is 2. The summed E-state index contributed by atoms with van der Waals surface area (Å²) < 4.78 is 5.57. The Bertz CT molecular complexity index is 1770. The maximum absolute atomic E-state index is 14.6. The van der Waals surface area contributed by atoms with E-state index in [1.54, 1.807) is 20.2 Å². The van der Waals surface area contributed by atoms with Crippen molar-refractivity contribution in [2.24, 2.45) is 11.7 Å². The third kappa shape index (κ3) is 10.6. The Morgan fingerprint density at radius 2 is 1.63 bits per heavy atom. The van der Waals surface area contributed by atoms with Gasteiger partial charge in [0, 0.05) is 36.8 Å². The highest BCUT2D eigenvalue weighted by Crippen LogP contribution is 2.34. The first kappa shape index (κ1) is 40.2. The van der Waals surface area contributed by atoms with Crippen LogP contribution in [-0.4, -0.2) is 82.7 Å². The molecule has 0 radical (unpaired) electrons. The van der Waals surface area contributed by atoms with Crippen LogP contribution in [0.4, 0.5) is 10.5 Å². The van der Waals surface area contributed by atoms with Gasteiger partial charge in [-0.05, 0) is 49.1 Å². The first-order valence-corrected chi connectivity index (χ1v) is 19.1. The minimum Gasteiger partial charge on any atom is -0.445 e. The molecular formula is C42H56N6O6. The monoisotopic (exact) mass is 740 g/mol. The number of hydrogen-bond donors (Lipinski definition) is 4. The predicted molar refractivity (Wildman–Crippen MR) is 210 cm³/mol. The molecule has 290 valence electrons. The van der Waals surface area contributed by atoms with Crippen molar-refractivity contribution in [2.75, 3.05) is 18.6 Å². The number of anilines is 1. The molecule has 5 N–H and O–H groups in total. The van der Waals surface area contributed by atoms with Crippen molar-refractivity contribution >= 4 is 40.3 Å². The highest BCUT2D eigenvalue weighted by molar-refractivity contribution is 5.96. The molecule has 3 aromatic carbocycles. The molecule has 0 aromatic heterocycles. The summed E-state index contributed by atoms with van der Waals surface area (Å²) in [4.78, 5) is 59.3. The number of ether oxygens (including phenoxy) is 1. The van der Waals surface area contributed by atoms with Crippen molar-refractivity contribution in [1.82, 2.24) is 20.4 Å². The molecular weight excluding hydrogens is 684 g/mol. The van der Waals surface area contributed by atoms with Gasteiger partial charge in [-0.2, -0.15) is 0 Å².